The maximum absolute atomic E-state index is 5.96. The zero-order chi connectivity index (χ0) is 18.2. The fraction of sp³-hybridized carbons (Fsp3) is 0.381. The molecule has 1 heterocycles. The number of nitrogens with one attached hydrogen (secondary N) is 2. The van der Waals surface area contributed by atoms with Crippen LogP contribution in [0.4, 0.5) is 0 Å². The standard InChI is InChI=1S/C21H27N3O2.HI/c1-22-21(23-14-17-10-6-7-11-19(17)25-2)24-15-18-12-13-26-20(18)16-8-4-3-5-9-16;/h3-11,18,20H,12-15H2,1-2H3,(H2,22,23,24);1H. The fourth-order valence-electron chi connectivity index (χ4n) is 3.33. The van der Waals surface area contributed by atoms with Gasteiger partial charge in [0.2, 0.25) is 0 Å². The van der Waals surface area contributed by atoms with Crippen LogP contribution in [-0.2, 0) is 11.3 Å². The molecule has 27 heavy (non-hydrogen) atoms. The van der Waals surface area contributed by atoms with Gasteiger partial charge in [0.15, 0.2) is 5.96 Å². The Bertz CT molecular complexity index is 724. The minimum Gasteiger partial charge on any atom is -0.496 e. The predicted molar refractivity (Wildman–Crippen MR) is 120 cm³/mol. The van der Waals surface area contributed by atoms with Crippen molar-refractivity contribution in [3.8, 4) is 5.75 Å². The maximum atomic E-state index is 5.96. The lowest BCUT2D eigenvalue weighted by molar-refractivity contribution is 0.0915. The van der Waals surface area contributed by atoms with Crippen LogP contribution in [0.3, 0.4) is 0 Å². The molecule has 0 bridgehead atoms. The van der Waals surface area contributed by atoms with Crippen molar-refractivity contribution in [2.24, 2.45) is 10.9 Å². The summed E-state index contributed by atoms with van der Waals surface area (Å²) >= 11 is 0. The lowest BCUT2D eigenvalue weighted by Crippen LogP contribution is -2.39. The normalized spacial score (nSPS) is 19.3. The van der Waals surface area contributed by atoms with Crippen molar-refractivity contribution in [2.75, 3.05) is 27.3 Å². The number of guanidine groups is 1. The van der Waals surface area contributed by atoms with E-state index < -0.39 is 0 Å². The molecular formula is C21H28IN3O2. The first-order chi connectivity index (χ1) is 12.8. The van der Waals surface area contributed by atoms with E-state index in [1.807, 2.05) is 24.3 Å². The van der Waals surface area contributed by atoms with Crippen molar-refractivity contribution in [1.82, 2.24) is 10.6 Å². The van der Waals surface area contributed by atoms with Gasteiger partial charge in [-0.25, -0.2) is 0 Å². The molecule has 2 aromatic rings. The molecule has 2 N–H and O–H groups in total. The average molecular weight is 481 g/mol. The Morgan fingerprint density at radius 3 is 2.59 bits per heavy atom. The van der Waals surface area contributed by atoms with Crippen LogP contribution in [0.15, 0.2) is 59.6 Å². The highest BCUT2D eigenvalue weighted by Crippen LogP contribution is 2.33. The molecule has 2 unspecified atom stereocenters. The monoisotopic (exact) mass is 481 g/mol. The summed E-state index contributed by atoms with van der Waals surface area (Å²) in [5.41, 5.74) is 2.35. The molecule has 6 heteroatoms. The smallest absolute Gasteiger partial charge is 0.191 e. The van der Waals surface area contributed by atoms with Gasteiger partial charge >= 0.3 is 0 Å². The van der Waals surface area contributed by atoms with Crippen molar-refractivity contribution in [2.45, 2.75) is 19.1 Å². The molecule has 0 spiro atoms. The Labute approximate surface area is 178 Å². The van der Waals surface area contributed by atoms with E-state index in [2.05, 4.69) is 46.0 Å². The van der Waals surface area contributed by atoms with Crippen molar-refractivity contribution in [3.63, 3.8) is 0 Å². The van der Waals surface area contributed by atoms with E-state index >= 15 is 0 Å². The number of rotatable bonds is 6. The molecule has 146 valence electrons. The topological polar surface area (TPSA) is 54.9 Å². The van der Waals surface area contributed by atoms with Crippen molar-refractivity contribution < 1.29 is 9.47 Å². The molecule has 3 rings (SSSR count). The number of para-hydroxylation sites is 1. The largest absolute Gasteiger partial charge is 0.496 e. The molecule has 0 aromatic heterocycles. The SMILES string of the molecule is CN=C(NCc1ccccc1OC)NCC1CCOC1c1ccccc1.I. The van der Waals surface area contributed by atoms with Crippen LogP contribution >= 0.6 is 24.0 Å². The third-order valence-corrected chi connectivity index (χ3v) is 4.74. The molecule has 0 amide bonds. The first kappa shape index (κ1) is 21.5. The van der Waals surface area contributed by atoms with Gasteiger partial charge in [0.1, 0.15) is 5.75 Å². The van der Waals surface area contributed by atoms with Gasteiger partial charge in [0.05, 0.1) is 13.2 Å². The van der Waals surface area contributed by atoms with Crippen molar-refractivity contribution in [3.05, 3.63) is 65.7 Å². The third kappa shape index (κ3) is 5.84. The number of methoxy groups -OCH3 is 1. The Hall–Kier alpha value is -1.80. The molecule has 2 aromatic carbocycles. The van der Waals surface area contributed by atoms with Crippen LogP contribution in [0.2, 0.25) is 0 Å². The third-order valence-electron chi connectivity index (χ3n) is 4.74. The predicted octanol–water partition coefficient (Wildman–Crippen LogP) is 3.76. The van der Waals surface area contributed by atoms with Crippen LogP contribution in [0.5, 0.6) is 5.75 Å². The molecule has 0 radical (unpaired) electrons. The second kappa shape index (κ2) is 11.1. The van der Waals surface area contributed by atoms with E-state index in [0.29, 0.717) is 12.5 Å². The number of hydrogen-bond donors (Lipinski definition) is 2. The second-order valence-corrected chi connectivity index (χ2v) is 6.37. The second-order valence-electron chi connectivity index (χ2n) is 6.37. The van der Waals surface area contributed by atoms with Gasteiger partial charge in [-0.2, -0.15) is 0 Å². The van der Waals surface area contributed by atoms with Crippen molar-refractivity contribution in [1.29, 1.82) is 0 Å². The van der Waals surface area contributed by atoms with Crippen LogP contribution in [-0.4, -0.2) is 33.3 Å². The fourth-order valence-corrected chi connectivity index (χ4v) is 3.33. The Morgan fingerprint density at radius 2 is 1.85 bits per heavy atom. The van der Waals surface area contributed by atoms with Gasteiger partial charge in [-0.3, -0.25) is 4.99 Å². The molecular weight excluding hydrogens is 453 g/mol. The van der Waals surface area contributed by atoms with Gasteiger partial charge in [0.25, 0.3) is 0 Å². The summed E-state index contributed by atoms with van der Waals surface area (Å²) in [5.74, 6) is 2.10. The first-order valence-corrected chi connectivity index (χ1v) is 9.04. The number of benzene rings is 2. The van der Waals surface area contributed by atoms with Gasteiger partial charge in [0, 0.05) is 38.2 Å². The van der Waals surface area contributed by atoms with E-state index in [9.17, 15) is 0 Å². The number of halogens is 1. The number of aliphatic imine (C=N–C) groups is 1. The van der Waals surface area contributed by atoms with Gasteiger partial charge in [-0.1, -0.05) is 48.5 Å². The van der Waals surface area contributed by atoms with E-state index in [4.69, 9.17) is 9.47 Å². The van der Waals surface area contributed by atoms with Gasteiger partial charge < -0.3 is 20.1 Å². The first-order valence-electron chi connectivity index (χ1n) is 9.04. The summed E-state index contributed by atoms with van der Waals surface area (Å²) < 4.78 is 11.4. The minimum absolute atomic E-state index is 0. The van der Waals surface area contributed by atoms with E-state index in [-0.39, 0.29) is 30.1 Å². The zero-order valence-corrected chi connectivity index (χ0v) is 18.2. The minimum atomic E-state index is 0. The summed E-state index contributed by atoms with van der Waals surface area (Å²) in [6.45, 7) is 2.29. The molecule has 1 fully saturated rings. The van der Waals surface area contributed by atoms with Crippen LogP contribution in [0.1, 0.15) is 23.7 Å². The summed E-state index contributed by atoms with van der Waals surface area (Å²) in [5, 5.41) is 6.79. The van der Waals surface area contributed by atoms with E-state index in [1.54, 1.807) is 14.2 Å². The molecule has 5 nitrogen and oxygen atoms in total. The van der Waals surface area contributed by atoms with Crippen LogP contribution in [0, 0.1) is 5.92 Å². The molecule has 0 saturated carbocycles. The van der Waals surface area contributed by atoms with Gasteiger partial charge in [-0.05, 0) is 18.1 Å². The number of nitrogens with zero attached hydrogens (tertiary/aromatic N) is 1. The van der Waals surface area contributed by atoms with Gasteiger partial charge in [-0.15, -0.1) is 24.0 Å². The van der Waals surface area contributed by atoms with E-state index in [0.717, 1.165) is 36.8 Å². The quantitative estimate of drug-likeness (QED) is 0.375. The number of ether oxygens (including phenoxy) is 2. The average Bonchev–Trinajstić information content (AvgIpc) is 3.17. The Morgan fingerprint density at radius 1 is 1.11 bits per heavy atom. The highest BCUT2D eigenvalue weighted by atomic mass is 127. The van der Waals surface area contributed by atoms with Crippen molar-refractivity contribution >= 4 is 29.9 Å². The molecule has 1 saturated heterocycles. The highest BCUT2D eigenvalue weighted by molar-refractivity contribution is 14.0. The molecule has 1 aliphatic rings. The Kier molecular flexibility index (Phi) is 8.87. The Balaban J connectivity index is 0.00000261. The molecule has 2 atom stereocenters. The summed E-state index contributed by atoms with van der Waals surface area (Å²) in [7, 11) is 3.48. The highest BCUT2D eigenvalue weighted by Gasteiger charge is 2.29. The number of hydrogen-bond acceptors (Lipinski definition) is 3. The van der Waals surface area contributed by atoms with Crippen LogP contribution < -0.4 is 15.4 Å². The van der Waals surface area contributed by atoms with Crippen LogP contribution in [0.25, 0.3) is 0 Å². The van der Waals surface area contributed by atoms with E-state index in [1.165, 1.54) is 5.56 Å². The lowest BCUT2D eigenvalue weighted by Gasteiger charge is -2.21. The maximum Gasteiger partial charge on any atom is 0.191 e. The zero-order valence-electron chi connectivity index (χ0n) is 15.9. The summed E-state index contributed by atoms with van der Waals surface area (Å²) in [6.07, 6.45) is 1.20. The lowest BCUT2D eigenvalue weighted by atomic mass is 9.95. The summed E-state index contributed by atoms with van der Waals surface area (Å²) in [4.78, 5) is 4.33. The molecule has 0 aliphatic carbocycles. The summed E-state index contributed by atoms with van der Waals surface area (Å²) in [6, 6.07) is 18.4. The molecule has 1 aliphatic heterocycles.